The van der Waals surface area contributed by atoms with E-state index in [1.165, 1.54) is 20.0 Å². The van der Waals surface area contributed by atoms with Crippen molar-refractivity contribution in [2.75, 3.05) is 7.11 Å². The van der Waals surface area contributed by atoms with Gasteiger partial charge in [-0.1, -0.05) is 12.8 Å². The summed E-state index contributed by atoms with van der Waals surface area (Å²) in [5, 5.41) is 0.920. The van der Waals surface area contributed by atoms with Crippen LogP contribution in [0.2, 0.25) is 0 Å². The molecule has 4 nitrogen and oxygen atoms in total. The van der Waals surface area contributed by atoms with E-state index in [1.807, 2.05) is 0 Å². The number of nitrogens with zero attached hydrogens (tertiary/aromatic N) is 1. The van der Waals surface area contributed by atoms with Gasteiger partial charge in [0.1, 0.15) is 0 Å². The van der Waals surface area contributed by atoms with E-state index in [4.69, 9.17) is 4.84 Å². The van der Waals surface area contributed by atoms with Crippen molar-refractivity contribution in [2.45, 2.75) is 32.1 Å². The lowest BCUT2D eigenvalue weighted by Crippen LogP contribution is -2.30. The summed E-state index contributed by atoms with van der Waals surface area (Å²) in [6, 6.07) is 0. The van der Waals surface area contributed by atoms with Crippen LogP contribution in [0, 0.1) is 11.8 Å². The van der Waals surface area contributed by atoms with Gasteiger partial charge in [0.25, 0.3) is 11.8 Å². The molecule has 1 unspecified atom stereocenters. The quantitative estimate of drug-likeness (QED) is 0.623. The second kappa shape index (κ2) is 3.69. The van der Waals surface area contributed by atoms with E-state index in [2.05, 4.69) is 0 Å². The van der Waals surface area contributed by atoms with Crippen LogP contribution in [-0.2, 0) is 14.4 Å². The molecule has 2 aliphatic rings. The summed E-state index contributed by atoms with van der Waals surface area (Å²) in [5.41, 5.74) is 0. The lowest BCUT2D eigenvalue weighted by Gasteiger charge is -2.15. The van der Waals surface area contributed by atoms with Crippen LogP contribution in [-0.4, -0.2) is 24.0 Å². The maximum absolute atomic E-state index is 11.7. The van der Waals surface area contributed by atoms with Crippen molar-refractivity contribution in [1.29, 1.82) is 0 Å². The Morgan fingerprint density at radius 2 is 1.93 bits per heavy atom. The Morgan fingerprint density at radius 1 is 1.29 bits per heavy atom. The first-order chi connectivity index (χ1) is 6.74. The van der Waals surface area contributed by atoms with E-state index in [0.29, 0.717) is 12.3 Å². The molecule has 0 aromatic heterocycles. The molecule has 0 N–H and O–H groups in total. The zero-order valence-corrected chi connectivity index (χ0v) is 8.36. The van der Waals surface area contributed by atoms with Gasteiger partial charge in [-0.05, 0) is 18.8 Å². The third kappa shape index (κ3) is 1.43. The highest BCUT2D eigenvalue weighted by Gasteiger charge is 2.43. The summed E-state index contributed by atoms with van der Waals surface area (Å²) >= 11 is 0. The van der Waals surface area contributed by atoms with Crippen molar-refractivity contribution in [3.63, 3.8) is 0 Å². The van der Waals surface area contributed by atoms with Gasteiger partial charge in [-0.25, -0.2) is 0 Å². The number of carbonyl (C=O) groups excluding carboxylic acids is 2. The Hall–Kier alpha value is -0.900. The molecular weight excluding hydrogens is 182 g/mol. The van der Waals surface area contributed by atoms with Gasteiger partial charge in [0, 0.05) is 6.42 Å². The van der Waals surface area contributed by atoms with Gasteiger partial charge >= 0.3 is 0 Å². The maximum atomic E-state index is 11.7. The summed E-state index contributed by atoms with van der Waals surface area (Å²) in [6.45, 7) is 0. The normalized spacial score (nSPS) is 29.2. The van der Waals surface area contributed by atoms with Gasteiger partial charge in [-0.3, -0.25) is 14.4 Å². The molecule has 14 heavy (non-hydrogen) atoms. The summed E-state index contributed by atoms with van der Waals surface area (Å²) in [5.74, 6) is -0.0182. The first-order valence-electron chi connectivity index (χ1n) is 5.15. The average Bonchev–Trinajstić information content (AvgIpc) is 2.74. The second-order valence-electron chi connectivity index (χ2n) is 4.06. The second-order valence-corrected chi connectivity index (χ2v) is 4.06. The summed E-state index contributed by atoms with van der Waals surface area (Å²) < 4.78 is 0. The Kier molecular flexibility index (Phi) is 2.54. The van der Waals surface area contributed by atoms with Crippen molar-refractivity contribution in [1.82, 2.24) is 5.06 Å². The zero-order valence-electron chi connectivity index (χ0n) is 8.36. The molecule has 78 valence electrons. The van der Waals surface area contributed by atoms with Crippen LogP contribution < -0.4 is 0 Å². The smallest absolute Gasteiger partial charge is 0.257 e. The molecule has 1 saturated carbocycles. The molecule has 1 aliphatic carbocycles. The zero-order chi connectivity index (χ0) is 10.1. The molecule has 0 aromatic carbocycles. The highest BCUT2D eigenvalue weighted by atomic mass is 16.7. The molecule has 1 heterocycles. The predicted molar refractivity (Wildman–Crippen MR) is 48.9 cm³/mol. The topological polar surface area (TPSA) is 46.6 Å². The minimum atomic E-state index is -0.186. The molecule has 0 bridgehead atoms. The van der Waals surface area contributed by atoms with Gasteiger partial charge < -0.3 is 0 Å². The van der Waals surface area contributed by atoms with E-state index in [0.717, 1.165) is 17.9 Å². The monoisotopic (exact) mass is 197 g/mol. The average molecular weight is 197 g/mol. The van der Waals surface area contributed by atoms with Gasteiger partial charge in [-0.15, -0.1) is 0 Å². The van der Waals surface area contributed by atoms with Gasteiger partial charge in [-0.2, -0.15) is 5.06 Å². The van der Waals surface area contributed by atoms with E-state index >= 15 is 0 Å². The van der Waals surface area contributed by atoms with Crippen LogP contribution in [0.4, 0.5) is 0 Å². The molecule has 0 aromatic rings. The summed E-state index contributed by atoms with van der Waals surface area (Å²) in [6.07, 6.45) is 4.89. The van der Waals surface area contributed by atoms with Crippen LogP contribution in [0.5, 0.6) is 0 Å². The molecule has 1 aliphatic heterocycles. The van der Waals surface area contributed by atoms with Crippen LogP contribution in [0.1, 0.15) is 32.1 Å². The Labute approximate surface area is 83.2 Å². The minimum Gasteiger partial charge on any atom is -0.272 e. The van der Waals surface area contributed by atoms with E-state index in [9.17, 15) is 9.59 Å². The number of hydrogen-bond donors (Lipinski definition) is 0. The van der Waals surface area contributed by atoms with Crippen LogP contribution in [0.3, 0.4) is 0 Å². The molecule has 1 atom stereocenters. The third-order valence-electron chi connectivity index (χ3n) is 3.29. The van der Waals surface area contributed by atoms with Crippen molar-refractivity contribution >= 4 is 11.8 Å². The minimum absolute atomic E-state index is 0.107. The number of hydrogen-bond acceptors (Lipinski definition) is 3. The highest BCUT2D eigenvalue weighted by Crippen LogP contribution is 2.37. The number of amides is 2. The number of imide groups is 1. The molecule has 2 amide bonds. The van der Waals surface area contributed by atoms with Crippen LogP contribution in [0.25, 0.3) is 0 Å². The molecular formula is C10H15NO3. The number of carbonyl (C=O) groups is 2. The number of hydroxylamine groups is 2. The van der Waals surface area contributed by atoms with Gasteiger partial charge in [0.05, 0.1) is 13.0 Å². The Morgan fingerprint density at radius 3 is 2.43 bits per heavy atom. The van der Waals surface area contributed by atoms with Crippen molar-refractivity contribution in [3.05, 3.63) is 0 Å². The van der Waals surface area contributed by atoms with Gasteiger partial charge in [0.2, 0.25) is 0 Å². The van der Waals surface area contributed by atoms with E-state index < -0.39 is 0 Å². The van der Waals surface area contributed by atoms with Crippen molar-refractivity contribution in [3.8, 4) is 0 Å². The molecule has 1 saturated heterocycles. The fraction of sp³-hybridized carbons (Fsp3) is 0.800. The Bertz CT molecular complexity index is 258. The van der Waals surface area contributed by atoms with Crippen molar-refractivity contribution < 1.29 is 14.4 Å². The first-order valence-corrected chi connectivity index (χ1v) is 5.15. The SMILES string of the molecule is CON1C(=O)CC(C2CCCC2)C1=O. The van der Waals surface area contributed by atoms with Gasteiger partial charge in [0.15, 0.2) is 0 Å². The summed E-state index contributed by atoms with van der Waals surface area (Å²) in [4.78, 5) is 27.8. The molecule has 4 heteroatoms. The Balaban J connectivity index is 2.07. The standard InChI is InChI=1S/C10H15NO3/c1-14-11-9(12)6-8(10(11)13)7-4-2-3-5-7/h7-8H,2-6H2,1H3. The molecule has 2 rings (SSSR count). The predicted octanol–water partition coefficient (Wildman–Crippen LogP) is 1.11. The molecule has 0 spiro atoms. The first kappa shape index (κ1) is 9.65. The fourth-order valence-corrected chi connectivity index (χ4v) is 2.55. The van der Waals surface area contributed by atoms with E-state index in [1.54, 1.807) is 0 Å². The lowest BCUT2D eigenvalue weighted by molar-refractivity contribution is -0.180. The number of rotatable bonds is 2. The third-order valence-corrected chi connectivity index (χ3v) is 3.29. The largest absolute Gasteiger partial charge is 0.272 e. The maximum Gasteiger partial charge on any atom is 0.257 e. The molecule has 0 radical (unpaired) electrons. The van der Waals surface area contributed by atoms with Crippen molar-refractivity contribution in [2.24, 2.45) is 11.8 Å². The van der Waals surface area contributed by atoms with E-state index in [-0.39, 0.29) is 17.7 Å². The highest BCUT2D eigenvalue weighted by molar-refractivity contribution is 6.02. The molecule has 2 fully saturated rings. The van der Waals surface area contributed by atoms with Crippen LogP contribution in [0.15, 0.2) is 0 Å². The lowest BCUT2D eigenvalue weighted by atomic mass is 9.90. The van der Waals surface area contributed by atoms with Crippen LogP contribution >= 0.6 is 0 Å². The fourth-order valence-electron chi connectivity index (χ4n) is 2.55. The summed E-state index contributed by atoms with van der Waals surface area (Å²) in [7, 11) is 1.37.